The molecule has 94 valence electrons. The smallest absolute Gasteiger partial charge is 0.129 e. The van der Waals surface area contributed by atoms with Crippen LogP contribution in [0.15, 0.2) is 12.1 Å². The standard InChI is InChI=1S/C13H19ClN2O/c1-10(2)12-7-11(9-14)8-13(15-12)16-3-5-17-6-4-16/h7-8,10H,3-6,9H2,1-2H3. The maximum atomic E-state index is 5.94. The monoisotopic (exact) mass is 254 g/mol. The van der Waals surface area contributed by atoms with Crippen LogP contribution in [0, 0.1) is 0 Å². The second-order valence-electron chi connectivity index (χ2n) is 4.65. The van der Waals surface area contributed by atoms with Crippen molar-refractivity contribution in [1.29, 1.82) is 0 Å². The van der Waals surface area contributed by atoms with Gasteiger partial charge in [0.2, 0.25) is 0 Å². The molecule has 0 amide bonds. The number of aromatic nitrogens is 1. The van der Waals surface area contributed by atoms with Crippen molar-refractivity contribution < 1.29 is 4.74 Å². The summed E-state index contributed by atoms with van der Waals surface area (Å²) in [5.74, 6) is 2.01. The zero-order valence-corrected chi connectivity index (χ0v) is 11.2. The van der Waals surface area contributed by atoms with Crippen LogP contribution in [0.5, 0.6) is 0 Å². The van der Waals surface area contributed by atoms with Gasteiger partial charge in [0.05, 0.1) is 13.2 Å². The number of halogens is 1. The number of ether oxygens (including phenoxy) is 1. The summed E-state index contributed by atoms with van der Waals surface area (Å²) in [6.45, 7) is 7.70. The van der Waals surface area contributed by atoms with E-state index in [9.17, 15) is 0 Å². The average molecular weight is 255 g/mol. The van der Waals surface area contributed by atoms with Gasteiger partial charge in [0, 0.05) is 24.7 Å². The molecule has 2 rings (SSSR count). The molecule has 0 aromatic carbocycles. The highest BCUT2D eigenvalue weighted by Crippen LogP contribution is 2.22. The summed E-state index contributed by atoms with van der Waals surface area (Å²) in [6.07, 6.45) is 0. The fourth-order valence-electron chi connectivity index (χ4n) is 1.92. The first-order chi connectivity index (χ1) is 8.20. The Labute approximate surface area is 108 Å². The Hall–Kier alpha value is -0.800. The third kappa shape index (κ3) is 3.11. The lowest BCUT2D eigenvalue weighted by atomic mass is 10.1. The molecule has 0 N–H and O–H groups in total. The zero-order chi connectivity index (χ0) is 12.3. The molecule has 1 aliphatic heterocycles. The van der Waals surface area contributed by atoms with Crippen LogP contribution in [0.3, 0.4) is 0 Å². The van der Waals surface area contributed by atoms with E-state index in [0.29, 0.717) is 11.8 Å². The van der Waals surface area contributed by atoms with E-state index in [1.54, 1.807) is 0 Å². The number of nitrogens with zero attached hydrogens (tertiary/aromatic N) is 2. The van der Waals surface area contributed by atoms with Gasteiger partial charge in [-0.3, -0.25) is 0 Å². The minimum atomic E-state index is 0.429. The molecule has 1 fully saturated rings. The molecule has 3 nitrogen and oxygen atoms in total. The number of hydrogen-bond donors (Lipinski definition) is 0. The van der Waals surface area contributed by atoms with E-state index in [2.05, 4.69) is 30.9 Å². The Bertz CT molecular complexity index is 376. The molecule has 1 saturated heterocycles. The highest BCUT2D eigenvalue weighted by Gasteiger charge is 2.14. The Morgan fingerprint density at radius 2 is 2.06 bits per heavy atom. The van der Waals surface area contributed by atoms with Crippen LogP contribution in [-0.2, 0) is 10.6 Å². The van der Waals surface area contributed by atoms with Gasteiger partial charge in [0.1, 0.15) is 5.82 Å². The van der Waals surface area contributed by atoms with Crippen LogP contribution in [0.4, 0.5) is 5.82 Å². The summed E-state index contributed by atoms with van der Waals surface area (Å²) in [4.78, 5) is 6.99. The van der Waals surface area contributed by atoms with E-state index in [0.717, 1.165) is 43.4 Å². The third-order valence-electron chi connectivity index (χ3n) is 2.97. The lowest BCUT2D eigenvalue weighted by Crippen LogP contribution is -2.37. The lowest BCUT2D eigenvalue weighted by molar-refractivity contribution is 0.122. The molecule has 1 aliphatic rings. The van der Waals surface area contributed by atoms with Crippen LogP contribution < -0.4 is 4.90 Å². The van der Waals surface area contributed by atoms with Gasteiger partial charge in [-0.05, 0) is 23.6 Å². The van der Waals surface area contributed by atoms with Crippen molar-refractivity contribution in [3.05, 3.63) is 23.4 Å². The van der Waals surface area contributed by atoms with Gasteiger partial charge in [-0.2, -0.15) is 0 Å². The average Bonchev–Trinajstić information content (AvgIpc) is 2.39. The molecule has 0 saturated carbocycles. The maximum Gasteiger partial charge on any atom is 0.129 e. The van der Waals surface area contributed by atoms with Gasteiger partial charge in [-0.1, -0.05) is 13.8 Å². The van der Waals surface area contributed by atoms with Gasteiger partial charge < -0.3 is 9.64 Å². The number of rotatable bonds is 3. The first-order valence-electron chi connectivity index (χ1n) is 6.10. The van der Waals surface area contributed by atoms with Crippen LogP contribution in [0.25, 0.3) is 0 Å². The highest BCUT2D eigenvalue weighted by atomic mass is 35.5. The molecule has 0 unspecified atom stereocenters. The third-order valence-corrected chi connectivity index (χ3v) is 3.28. The fraction of sp³-hybridized carbons (Fsp3) is 0.615. The minimum Gasteiger partial charge on any atom is -0.378 e. The highest BCUT2D eigenvalue weighted by molar-refractivity contribution is 6.17. The Morgan fingerprint density at radius 1 is 1.35 bits per heavy atom. The van der Waals surface area contributed by atoms with E-state index < -0.39 is 0 Å². The van der Waals surface area contributed by atoms with Crippen molar-refractivity contribution >= 4 is 17.4 Å². The Kier molecular flexibility index (Phi) is 4.24. The quantitative estimate of drug-likeness (QED) is 0.776. The second kappa shape index (κ2) is 5.69. The van der Waals surface area contributed by atoms with Crippen molar-refractivity contribution in [2.24, 2.45) is 0 Å². The number of morpholine rings is 1. The predicted octanol–water partition coefficient (Wildman–Crippen LogP) is 2.78. The fourth-order valence-corrected chi connectivity index (χ4v) is 2.08. The van der Waals surface area contributed by atoms with Crippen LogP contribution in [-0.4, -0.2) is 31.3 Å². The topological polar surface area (TPSA) is 25.4 Å². The molecule has 4 heteroatoms. The number of pyridine rings is 1. The largest absolute Gasteiger partial charge is 0.378 e. The van der Waals surface area contributed by atoms with Gasteiger partial charge in [0.15, 0.2) is 0 Å². The summed E-state index contributed by atoms with van der Waals surface area (Å²) < 4.78 is 5.36. The van der Waals surface area contributed by atoms with E-state index in [-0.39, 0.29) is 0 Å². The predicted molar refractivity (Wildman–Crippen MR) is 70.9 cm³/mol. The summed E-state index contributed by atoms with van der Waals surface area (Å²) >= 11 is 5.94. The van der Waals surface area contributed by atoms with Gasteiger partial charge >= 0.3 is 0 Å². The first-order valence-corrected chi connectivity index (χ1v) is 6.63. The Balaban J connectivity index is 2.28. The van der Waals surface area contributed by atoms with E-state index >= 15 is 0 Å². The molecule has 17 heavy (non-hydrogen) atoms. The van der Waals surface area contributed by atoms with Crippen molar-refractivity contribution in [3.8, 4) is 0 Å². The van der Waals surface area contributed by atoms with Crippen molar-refractivity contribution in [3.63, 3.8) is 0 Å². The summed E-state index contributed by atoms with van der Waals surface area (Å²) in [7, 11) is 0. The van der Waals surface area contributed by atoms with Gasteiger partial charge in [-0.15, -0.1) is 11.6 Å². The Morgan fingerprint density at radius 3 is 2.65 bits per heavy atom. The summed E-state index contributed by atoms with van der Waals surface area (Å²) in [5.41, 5.74) is 2.26. The molecule has 1 aromatic rings. The zero-order valence-electron chi connectivity index (χ0n) is 10.4. The number of alkyl halides is 1. The summed E-state index contributed by atoms with van der Waals surface area (Å²) in [6, 6.07) is 4.19. The molecular formula is C13H19ClN2O. The number of anilines is 1. The van der Waals surface area contributed by atoms with Crippen LogP contribution >= 0.6 is 11.6 Å². The molecule has 0 atom stereocenters. The molecule has 0 spiro atoms. The molecule has 0 aliphatic carbocycles. The van der Waals surface area contributed by atoms with Crippen molar-refractivity contribution in [2.75, 3.05) is 31.2 Å². The van der Waals surface area contributed by atoms with Gasteiger partial charge in [-0.25, -0.2) is 4.98 Å². The van der Waals surface area contributed by atoms with E-state index in [4.69, 9.17) is 21.3 Å². The first kappa shape index (κ1) is 12.7. The molecule has 2 heterocycles. The van der Waals surface area contributed by atoms with E-state index in [1.165, 1.54) is 0 Å². The maximum absolute atomic E-state index is 5.94. The van der Waals surface area contributed by atoms with Crippen LogP contribution in [0.1, 0.15) is 31.0 Å². The van der Waals surface area contributed by atoms with Crippen LogP contribution in [0.2, 0.25) is 0 Å². The molecule has 0 radical (unpaired) electrons. The molecular weight excluding hydrogens is 236 g/mol. The minimum absolute atomic E-state index is 0.429. The van der Waals surface area contributed by atoms with Crippen molar-refractivity contribution in [2.45, 2.75) is 25.6 Å². The molecule has 0 bridgehead atoms. The lowest BCUT2D eigenvalue weighted by Gasteiger charge is -2.28. The van der Waals surface area contributed by atoms with E-state index in [1.807, 2.05) is 0 Å². The normalized spacial score (nSPS) is 16.6. The second-order valence-corrected chi connectivity index (χ2v) is 4.91. The SMILES string of the molecule is CC(C)c1cc(CCl)cc(N2CCOCC2)n1. The van der Waals surface area contributed by atoms with Crippen molar-refractivity contribution in [1.82, 2.24) is 4.98 Å². The van der Waals surface area contributed by atoms with Gasteiger partial charge in [0.25, 0.3) is 0 Å². The number of hydrogen-bond acceptors (Lipinski definition) is 3. The summed E-state index contributed by atoms with van der Waals surface area (Å²) in [5, 5.41) is 0. The molecule has 1 aromatic heterocycles.